The second-order valence-corrected chi connectivity index (χ2v) is 5.36. The molecule has 0 unspecified atom stereocenters. The van der Waals surface area contributed by atoms with Crippen molar-refractivity contribution >= 4 is 11.9 Å². The Morgan fingerprint density at radius 2 is 2.16 bits per heavy atom. The maximum absolute atomic E-state index is 11.7. The van der Waals surface area contributed by atoms with Crippen LogP contribution in [-0.2, 0) is 14.3 Å². The van der Waals surface area contributed by atoms with Crippen molar-refractivity contribution < 1.29 is 14.3 Å². The molecule has 0 aromatic rings. The van der Waals surface area contributed by atoms with Gasteiger partial charge in [0, 0.05) is 25.6 Å². The summed E-state index contributed by atoms with van der Waals surface area (Å²) in [5.41, 5.74) is 0. The summed E-state index contributed by atoms with van der Waals surface area (Å²) in [4.78, 5) is 25.5. The van der Waals surface area contributed by atoms with Crippen molar-refractivity contribution in [2.45, 2.75) is 46.1 Å². The summed E-state index contributed by atoms with van der Waals surface area (Å²) in [5.74, 6) is -0.0473. The Balaban J connectivity index is 2.30. The van der Waals surface area contributed by atoms with Gasteiger partial charge in [-0.1, -0.05) is 0 Å². The van der Waals surface area contributed by atoms with E-state index >= 15 is 0 Å². The van der Waals surface area contributed by atoms with E-state index in [1.165, 1.54) is 0 Å². The van der Waals surface area contributed by atoms with E-state index in [0.29, 0.717) is 26.1 Å². The third-order valence-electron chi connectivity index (χ3n) is 3.23. The number of hydrogen-bond acceptors (Lipinski definition) is 4. The standard InChI is InChI=1S/C14H26N2O3/c1-4-19-14(18)12-6-5-8-16(10-12)9-7-13(17)15-11(2)3/h11-12H,4-10H2,1-3H3,(H,15,17)/t12-/m0/s1. The van der Waals surface area contributed by atoms with Gasteiger partial charge in [-0.25, -0.2) is 0 Å². The highest BCUT2D eigenvalue weighted by atomic mass is 16.5. The Bertz CT molecular complexity index is 305. The summed E-state index contributed by atoms with van der Waals surface area (Å²) >= 11 is 0. The number of carbonyl (C=O) groups is 2. The molecule has 0 saturated carbocycles. The molecule has 0 aliphatic carbocycles. The largest absolute Gasteiger partial charge is 0.466 e. The van der Waals surface area contributed by atoms with Gasteiger partial charge >= 0.3 is 5.97 Å². The fraction of sp³-hybridized carbons (Fsp3) is 0.857. The van der Waals surface area contributed by atoms with E-state index in [1.54, 1.807) is 0 Å². The summed E-state index contributed by atoms with van der Waals surface area (Å²) in [6.45, 7) is 8.57. The van der Waals surface area contributed by atoms with Crippen molar-refractivity contribution in [2.75, 3.05) is 26.2 Å². The second-order valence-electron chi connectivity index (χ2n) is 5.36. The first kappa shape index (κ1) is 16.0. The van der Waals surface area contributed by atoms with Crippen LogP contribution < -0.4 is 5.32 Å². The lowest BCUT2D eigenvalue weighted by molar-refractivity contribution is -0.149. The molecule has 1 heterocycles. The van der Waals surface area contributed by atoms with E-state index in [4.69, 9.17) is 4.74 Å². The topological polar surface area (TPSA) is 58.6 Å². The minimum absolute atomic E-state index is 0.0261. The molecule has 1 amide bonds. The van der Waals surface area contributed by atoms with Crippen molar-refractivity contribution in [3.8, 4) is 0 Å². The average molecular weight is 270 g/mol. The number of esters is 1. The molecule has 1 atom stereocenters. The number of ether oxygens (including phenoxy) is 1. The molecule has 19 heavy (non-hydrogen) atoms. The third-order valence-corrected chi connectivity index (χ3v) is 3.23. The van der Waals surface area contributed by atoms with Crippen LogP contribution in [0.2, 0.25) is 0 Å². The van der Waals surface area contributed by atoms with Crippen LogP contribution in [0.25, 0.3) is 0 Å². The summed E-state index contributed by atoms with van der Waals surface area (Å²) in [7, 11) is 0. The van der Waals surface area contributed by atoms with Crippen LogP contribution in [0.5, 0.6) is 0 Å². The van der Waals surface area contributed by atoms with Gasteiger partial charge in [-0.15, -0.1) is 0 Å². The van der Waals surface area contributed by atoms with E-state index in [-0.39, 0.29) is 23.8 Å². The number of nitrogens with zero attached hydrogens (tertiary/aromatic N) is 1. The molecule has 5 heteroatoms. The summed E-state index contributed by atoms with van der Waals surface area (Å²) in [6, 6.07) is 0.182. The van der Waals surface area contributed by atoms with Gasteiger partial charge < -0.3 is 15.0 Å². The number of hydrogen-bond donors (Lipinski definition) is 1. The number of carbonyl (C=O) groups excluding carboxylic acids is 2. The number of likely N-dealkylation sites (tertiary alicyclic amines) is 1. The number of rotatable bonds is 6. The molecule has 1 fully saturated rings. The molecule has 1 aliphatic heterocycles. The van der Waals surface area contributed by atoms with Gasteiger partial charge in [-0.2, -0.15) is 0 Å². The fourth-order valence-electron chi connectivity index (χ4n) is 2.36. The van der Waals surface area contributed by atoms with Crippen molar-refractivity contribution in [1.29, 1.82) is 0 Å². The van der Waals surface area contributed by atoms with E-state index < -0.39 is 0 Å². The summed E-state index contributed by atoms with van der Waals surface area (Å²) < 4.78 is 5.06. The van der Waals surface area contributed by atoms with E-state index in [0.717, 1.165) is 19.4 Å². The summed E-state index contributed by atoms with van der Waals surface area (Å²) in [5, 5.41) is 2.88. The molecule has 1 rings (SSSR count). The van der Waals surface area contributed by atoms with Crippen LogP contribution in [0.15, 0.2) is 0 Å². The predicted molar refractivity (Wildman–Crippen MR) is 73.7 cm³/mol. The maximum Gasteiger partial charge on any atom is 0.310 e. The van der Waals surface area contributed by atoms with Crippen LogP contribution in [0.1, 0.15) is 40.0 Å². The Morgan fingerprint density at radius 1 is 1.42 bits per heavy atom. The highest BCUT2D eigenvalue weighted by Gasteiger charge is 2.26. The number of nitrogens with one attached hydrogen (secondary N) is 1. The average Bonchev–Trinajstić information content (AvgIpc) is 2.36. The molecule has 1 N–H and O–H groups in total. The first-order valence-electron chi connectivity index (χ1n) is 7.21. The van der Waals surface area contributed by atoms with Gasteiger partial charge in [0.25, 0.3) is 0 Å². The van der Waals surface area contributed by atoms with Gasteiger partial charge in [-0.3, -0.25) is 9.59 Å². The minimum atomic E-state index is -0.0983. The number of amides is 1. The molecule has 1 aliphatic rings. The van der Waals surface area contributed by atoms with Gasteiger partial charge in [0.15, 0.2) is 0 Å². The highest BCUT2D eigenvalue weighted by Crippen LogP contribution is 2.17. The van der Waals surface area contributed by atoms with Gasteiger partial charge in [-0.05, 0) is 40.2 Å². The normalized spacial score (nSPS) is 20.3. The van der Waals surface area contributed by atoms with Gasteiger partial charge in [0.2, 0.25) is 5.91 Å². The molecule has 5 nitrogen and oxygen atoms in total. The van der Waals surface area contributed by atoms with Gasteiger partial charge in [0.05, 0.1) is 12.5 Å². The molecule has 110 valence electrons. The van der Waals surface area contributed by atoms with Crippen LogP contribution in [-0.4, -0.2) is 49.1 Å². The lowest BCUT2D eigenvalue weighted by Crippen LogP contribution is -2.41. The highest BCUT2D eigenvalue weighted by molar-refractivity contribution is 5.76. The molecular weight excluding hydrogens is 244 g/mol. The molecule has 0 aromatic carbocycles. The van der Waals surface area contributed by atoms with Gasteiger partial charge in [0.1, 0.15) is 0 Å². The van der Waals surface area contributed by atoms with Crippen molar-refractivity contribution in [1.82, 2.24) is 10.2 Å². The number of piperidine rings is 1. The Morgan fingerprint density at radius 3 is 2.79 bits per heavy atom. The maximum atomic E-state index is 11.7. The predicted octanol–water partition coefficient (Wildman–Crippen LogP) is 1.18. The molecule has 0 radical (unpaired) electrons. The molecule has 0 spiro atoms. The van der Waals surface area contributed by atoms with Crippen molar-refractivity contribution in [2.24, 2.45) is 5.92 Å². The smallest absolute Gasteiger partial charge is 0.310 e. The quantitative estimate of drug-likeness (QED) is 0.736. The zero-order valence-electron chi connectivity index (χ0n) is 12.3. The van der Waals surface area contributed by atoms with Crippen LogP contribution >= 0.6 is 0 Å². The SMILES string of the molecule is CCOC(=O)[C@H]1CCCN(CCC(=O)NC(C)C)C1. The second kappa shape index (κ2) is 8.15. The molecular formula is C14H26N2O3. The van der Waals surface area contributed by atoms with Crippen LogP contribution in [0, 0.1) is 5.92 Å². The summed E-state index contributed by atoms with van der Waals surface area (Å²) in [6.07, 6.45) is 2.39. The first-order chi connectivity index (χ1) is 9.02. The van der Waals surface area contributed by atoms with Crippen LogP contribution in [0.4, 0.5) is 0 Å². The Labute approximate surface area is 115 Å². The molecule has 1 saturated heterocycles. The minimum Gasteiger partial charge on any atom is -0.466 e. The first-order valence-corrected chi connectivity index (χ1v) is 7.21. The van der Waals surface area contributed by atoms with Crippen molar-refractivity contribution in [3.05, 3.63) is 0 Å². The zero-order valence-corrected chi connectivity index (χ0v) is 12.3. The molecule has 0 aromatic heterocycles. The van der Waals surface area contributed by atoms with Crippen LogP contribution in [0.3, 0.4) is 0 Å². The van der Waals surface area contributed by atoms with E-state index in [2.05, 4.69) is 10.2 Å². The zero-order chi connectivity index (χ0) is 14.3. The molecule has 0 bridgehead atoms. The Kier molecular flexibility index (Phi) is 6.84. The monoisotopic (exact) mass is 270 g/mol. The lowest BCUT2D eigenvalue weighted by Gasteiger charge is -2.31. The van der Waals surface area contributed by atoms with Crippen molar-refractivity contribution in [3.63, 3.8) is 0 Å². The Hall–Kier alpha value is -1.10. The van der Waals surface area contributed by atoms with E-state index in [1.807, 2.05) is 20.8 Å². The fourth-order valence-corrected chi connectivity index (χ4v) is 2.36. The third kappa shape index (κ3) is 6.05. The van der Waals surface area contributed by atoms with E-state index in [9.17, 15) is 9.59 Å². The lowest BCUT2D eigenvalue weighted by atomic mass is 9.98.